The van der Waals surface area contributed by atoms with Crippen LogP contribution < -0.4 is 10.6 Å². The molecule has 0 aromatic heterocycles. The second kappa shape index (κ2) is 6.60. The van der Waals surface area contributed by atoms with Crippen LogP contribution in [0.3, 0.4) is 0 Å². The van der Waals surface area contributed by atoms with Gasteiger partial charge in [-0.05, 0) is 37.5 Å². The number of ether oxygens (including phenoxy) is 1. The van der Waals surface area contributed by atoms with Gasteiger partial charge in [-0.25, -0.2) is 0 Å². The molecule has 1 aliphatic heterocycles. The fraction of sp³-hybridized carbons (Fsp3) is 0.600. The Morgan fingerprint density at radius 1 is 1.53 bits per heavy atom. The first-order chi connectivity index (χ1) is 9.10. The number of halogens is 1. The molecule has 0 spiro atoms. The molecule has 0 bridgehead atoms. The summed E-state index contributed by atoms with van der Waals surface area (Å²) >= 11 is 6.15. The van der Waals surface area contributed by atoms with Crippen LogP contribution in [0, 0.1) is 5.92 Å². The molecule has 1 heterocycles. The van der Waals surface area contributed by atoms with E-state index >= 15 is 0 Å². The van der Waals surface area contributed by atoms with Crippen LogP contribution in [-0.4, -0.2) is 32.8 Å². The van der Waals surface area contributed by atoms with E-state index < -0.39 is 0 Å². The number of hydrogen-bond acceptors (Lipinski definition) is 3. The van der Waals surface area contributed by atoms with Crippen molar-refractivity contribution in [3.05, 3.63) is 28.8 Å². The van der Waals surface area contributed by atoms with Crippen LogP contribution in [0.25, 0.3) is 0 Å². The Bertz CT molecular complexity index is 423. The van der Waals surface area contributed by atoms with E-state index in [2.05, 4.69) is 17.0 Å². The van der Waals surface area contributed by atoms with Gasteiger partial charge >= 0.3 is 0 Å². The molecule has 1 aliphatic rings. The molecule has 3 nitrogen and oxygen atoms in total. The van der Waals surface area contributed by atoms with E-state index in [-0.39, 0.29) is 6.04 Å². The number of benzene rings is 1. The third-order valence-electron chi connectivity index (χ3n) is 3.62. The second-order valence-electron chi connectivity index (χ2n) is 5.51. The van der Waals surface area contributed by atoms with Crippen LogP contribution in [-0.2, 0) is 11.2 Å². The molecule has 4 heteroatoms. The summed E-state index contributed by atoms with van der Waals surface area (Å²) in [5.41, 5.74) is 8.46. The van der Waals surface area contributed by atoms with E-state index in [0.29, 0.717) is 5.92 Å². The molecule has 0 radical (unpaired) electrons. The summed E-state index contributed by atoms with van der Waals surface area (Å²) in [7, 11) is 1.77. The third-order valence-corrected chi connectivity index (χ3v) is 3.85. The zero-order chi connectivity index (χ0) is 13.8. The molecule has 0 aliphatic carbocycles. The van der Waals surface area contributed by atoms with Crippen LogP contribution in [0.4, 0.5) is 5.69 Å². The first-order valence-corrected chi connectivity index (χ1v) is 7.26. The molecule has 19 heavy (non-hydrogen) atoms. The van der Waals surface area contributed by atoms with Crippen molar-refractivity contribution in [3.63, 3.8) is 0 Å². The SMILES string of the molecule is COCC1CCN(c2cc(Cl)ccc2CC(C)N)C1. The van der Waals surface area contributed by atoms with Gasteiger partial charge < -0.3 is 15.4 Å². The maximum atomic E-state index is 6.15. The highest BCUT2D eigenvalue weighted by Crippen LogP contribution is 2.30. The zero-order valence-electron chi connectivity index (χ0n) is 11.7. The normalized spacial score (nSPS) is 20.8. The summed E-state index contributed by atoms with van der Waals surface area (Å²) < 4.78 is 5.26. The maximum Gasteiger partial charge on any atom is 0.0508 e. The average molecular weight is 283 g/mol. The Morgan fingerprint density at radius 2 is 2.32 bits per heavy atom. The Morgan fingerprint density at radius 3 is 3.00 bits per heavy atom. The molecule has 106 valence electrons. The first kappa shape index (κ1) is 14.6. The highest BCUT2D eigenvalue weighted by Gasteiger charge is 2.24. The number of anilines is 1. The molecule has 0 saturated carbocycles. The molecular formula is C15H23ClN2O. The van der Waals surface area contributed by atoms with Gasteiger partial charge in [0.15, 0.2) is 0 Å². The van der Waals surface area contributed by atoms with Gasteiger partial charge in [0.2, 0.25) is 0 Å². The number of rotatable bonds is 5. The molecule has 1 fully saturated rings. The molecule has 2 rings (SSSR count). The molecule has 1 aromatic carbocycles. The van der Waals surface area contributed by atoms with Crippen molar-refractivity contribution in [3.8, 4) is 0 Å². The van der Waals surface area contributed by atoms with Crippen LogP contribution in [0.5, 0.6) is 0 Å². The fourth-order valence-corrected chi connectivity index (χ4v) is 2.94. The van der Waals surface area contributed by atoms with Crippen LogP contribution in [0.2, 0.25) is 5.02 Å². The molecule has 0 amide bonds. The van der Waals surface area contributed by atoms with E-state index in [9.17, 15) is 0 Å². The molecule has 1 aromatic rings. The van der Waals surface area contributed by atoms with E-state index in [4.69, 9.17) is 22.1 Å². The molecule has 2 atom stereocenters. The largest absolute Gasteiger partial charge is 0.384 e. The van der Waals surface area contributed by atoms with Gasteiger partial charge in [0.1, 0.15) is 0 Å². The van der Waals surface area contributed by atoms with Gasteiger partial charge in [-0.3, -0.25) is 0 Å². The summed E-state index contributed by atoms with van der Waals surface area (Å²) in [4.78, 5) is 2.41. The number of methoxy groups -OCH3 is 1. The Kier molecular flexibility index (Phi) is 5.08. The standard InChI is InChI=1S/C15H23ClN2O/c1-11(17)7-13-3-4-14(16)8-15(13)18-6-5-12(9-18)10-19-2/h3-4,8,11-12H,5-7,9-10,17H2,1-2H3. The minimum Gasteiger partial charge on any atom is -0.384 e. The smallest absolute Gasteiger partial charge is 0.0508 e. The van der Waals surface area contributed by atoms with E-state index in [1.54, 1.807) is 7.11 Å². The molecule has 1 saturated heterocycles. The van der Waals surface area contributed by atoms with Gasteiger partial charge in [0.25, 0.3) is 0 Å². The maximum absolute atomic E-state index is 6.15. The molecule has 2 N–H and O–H groups in total. The Balaban J connectivity index is 2.16. The lowest BCUT2D eigenvalue weighted by Gasteiger charge is -2.23. The zero-order valence-corrected chi connectivity index (χ0v) is 12.5. The summed E-state index contributed by atoms with van der Waals surface area (Å²) in [5.74, 6) is 0.618. The van der Waals surface area contributed by atoms with Crippen molar-refractivity contribution >= 4 is 17.3 Å². The van der Waals surface area contributed by atoms with Gasteiger partial charge in [0.05, 0.1) is 6.61 Å². The van der Waals surface area contributed by atoms with Crippen molar-refractivity contribution in [1.29, 1.82) is 0 Å². The predicted octanol–water partition coefficient (Wildman–Crippen LogP) is 2.70. The Labute approximate surface area is 120 Å². The van der Waals surface area contributed by atoms with Crippen molar-refractivity contribution < 1.29 is 4.74 Å². The lowest BCUT2D eigenvalue weighted by Crippen LogP contribution is -2.24. The van der Waals surface area contributed by atoms with Crippen molar-refractivity contribution in [2.24, 2.45) is 11.7 Å². The lowest BCUT2D eigenvalue weighted by atomic mass is 10.0. The third kappa shape index (κ3) is 3.85. The topological polar surface area (TPSA) is 38.5 Å². The summed E-state index contributed by atoms with van der Waals surface area (Å²) in [6.07, 6.45) is 2.07. The van der Waals surface area contributed by atoms with E-state index in [1.165, 1.54) is 17.7 Å². The van der Waals surface area contributed by atoms with Crippen LogP contribution in [0.1, 0.15) is 18.9 Å². The first-order valence-electron chi connectivity index (χ1n) is 6.88. The average Bonchev–Trinajstić information content (AvgIpc) is 2.80. The van der Waals surface area contributed by atoms with Gasteiger partial charge in [-0.2, -0.15) is 0 Å². The predicted molar refractivity (Wildman–Crippen MR) is 81.0 cm³/mol. The van der Waals surface area contributed by atoms with Crippen LogP contribution >= 0.6 is 11.6 Å². The van der Waals surface area contributed by atoms with Crippen LogP contribution in [0.15, 0.2) is 18.2 Å². The minimum absolute atomic E-state index is 0.164. The Hall–Kier alpha value is -0.770. The summed E-state index contributed by atoms with van der Waals surface area (Å²) in [6.45, 7) is 4.98. The number of nitrogens with zero attached hydrogens (tertiary/aromatic N) is 1. The molecule has 2 unspecified atom stereocenters. The highest BCUT2D eigenvalue weighted by atomic mass is 35.5. The summed E-state index contributed by atoms with van der Waals surface area (Å²) in [5, 5.41) is 0.790. The number of nitrogens with two attached hydrogens (primary N) is 1. The van der Waals surface area contributed by atoms with Gasteiger partial charge in [0, 0.05) is 42.9 Å². The highest BCUT2D eigenvalue weighted by molar-refractivity contribution is 6.30. The molecular weight excluding hydrogens is 260 g/mol. The van der Waals surface area contributed by atoms with Crippen molar-refractivity contribution in [2.75, 3.05) is 31.7 Å². The van der Waals surface area contributed by atoms with Crippen molar-refractivity contribution in [2.45, 2.75) is 25.8 Å². The van der Waals surface area contributed by atoms with E-state index in [0.717, 1.165) is 31.1 Å². The van der Waals surface area contributed by atoms with Gasteiger partial charge in [-0.1, -0.05) is 17.7 Å². The second-order valence-corrected chi connectivity index (χ2v) is 5.95. The summed E-state index contributed by atoms with van der Waals surface area (Å²) in [6, 6.07) is 6.28. The fourth-order valence-electron chi connectivity index (χ4n) is 2.77. The monoisotopic (exact) mass is 282 g/mol. The van der Waals surface area contributed by atoms with E-state index in [1.807, 2.05) is 13.0 Å². The lowest BCUT2D eigenvalue weighted by molar-refractivity contribution is 0.161. The van der Waals surface area contributed by atoms with Gasteiger partial charge in [-0.15, -0.1) is 0 Å². The quantitative estimate of drug-likeness (QED) is 0.902. The number of hydrogen-bond donors (Lipinski definition) is 1. The van der Waals surface area contributed by atoms with Crippen molar-refractivity contribution in [1.82, 2.24) is 0 Å². The minimum atomic E-state index is 0.164.